The van der Waals surface area contributed by atoms with Gasteiger partial charge in [-0.25, -0.2) is 0 Å². The quantitative estimate of drug-likeness (QED) is 0.835. The normalized spacial score (nSPS) is 10.3. The molecule has 0 saturated heterocycles. The third-order valence-electron chi connectivity index (χ3n) is 2.87. The number of carbonyl (C=O) groups excluding carboxylic acids is 1. The lowest BCUT2D eigenvalue weighted by Crippen LogP contribution is -2.24. The molecule has 0 fully saturated rings. The van der Waals surface area contributed by atoms with Gasteiger partial charge in [0.15, 0.2) is 3.95 Å². The van der Waals surface area contributed by atoms with Gasteiger partial charge in [-0.2, -0.15) is 0 Å². The number of thiazole rings is 1. The molecule has 6 heteroatoms. The zero-order valence-corrected chi connectivity index (χ0v) is 13.0. The Kier molecular flexibility index (Phi) is 4.92. The van der Waals surface area contributed by atoms with E-state index in [1.807, 2.05) is 31.2 Å². The van der Waals surface area contributed by atoms with Gasteiger partial charge in [-0.3, -0.25) is 4.79 Å². The minimum Gasteiger partial charge on any atom is -0.497 e. The van der Waals surface area contributed by atoms with Crippen molar-refractivity contribution in [2.75, 3.05) is 7.11 Å². The van der Waals surface area contributed by atoms with Crippen LogP contribution < -0.4 is 10.1 Å². The maximum Gasteiger partial charge on any atom is 0.225 e. The van der Waals surface area contributed by atoms with Crippen LogP contribution in [0.5, 0.6) is 5.75 Å². The Morgan fingerprint density at radius 2 is 2.30 bits per heavy atom. The number of aromatic amines is 1. The zero-order chi connectivity index (χ0) is 14.5. The zero-order valence-electron chi connectivity index (χ0n) is 11.4. The summed E-state index contributed by atoms with van der Waals surface area (Å²) in [7, 11) is 1.63. The molecule has 106 valence electrons. The lowest BCUT2D eigenvalue weighted by atomic mass is 10.2. The average Bonchev–Trinajstić information content (AvgIpc) is 2.75. The number of H-pyrrole nitrogens is 1. The summed E-state index contributed by atoms with van der Waals surface area (Å²) in [6.07, 6.45) is 0.355. The van der Waals surface area contributed by atoms with Crippen LogP contribution in [0.15, 0.2) is 24.3 Å². The van der Waals surface area contributed by atoms with Crippen LogP contribution in [0.2, 0.25) is 0 Å². The molecule has 0 radical (unpaired) electrons. The Hall–Kier alpha value is -1.66. The van der Waals surface area contributed by atoms with Crippen LogP contribution in [0.25, 0.3) is 0 Å². The molecule has 1 aromatic carbocycles. The summed E-state index contributed by atoms with van der Waals surface area (Å²) in [6, 6.07) is 7.64. The van der Waals surface area contributed by atoms with E-state index in [-0.39, 0.29) is 5.91 Å². The van der Waals surface area contributed by atoms with Crippen molar-refractivity contribution in [2.45, 2.75) is 19.9 Å². The van der Waals surface area contributed by atoms with Crippen molar-refractivity contribution in [3.05, 3.63) is 44.4 Å². The number of amides is 1. The van der Waals surface area contributed by atoms with Crippen molar-refractivity contribution in [3.8, 4) is 5.75 Å². The molecule has 0 saturated carbocycles. The predicted octanol–water partition coefficient (Wildman–Crippen LogP) is 2.98. The molecule has 4 nitrogen and oxygen atoms in total. The number of nitrogens with one attached hydrogen (secondary N) is 2. The van der Waals surface area contributed by atoms with Crippen molar-refractivity contribution in [1.29, 1.82) is 0 Å². The molecule has 0 aliphatic heterocycles. The maximum absolute atomic E-state index is 11.9. The van der Waals surface area contributed by atoms with Crippen molar-refractivity contribution in [1.82, 2.24) is 10.3 Å². The molecule has 2 rings (SSSR count). The SMILES string of the molecule is COc1cccc(CNC(=O)Cc2sc(=S)[nH]c2C)c1. The molecule has 0 bridgehead atoms. The van der Waals surface area contributed by atoms with E-state index < -0.39 is 0 Å². The summed E-state index contributed by atoms with van der Waals surface area (Å²) < 4.78 is 5.86. The van der Waals surface area contributed by atoms with Crippen LogP contribution in [0, 0.1) is 10.9 Å². The molecule has 1 amide bonds. The Morgan fingerprint density at radius 1 is 1.50 bits per heavy atom. The van der Waals surface area contributed by atoms with Gasteiger partial charge in [-0.05, 0) is 36.8 Å². The Balaban J connectivity index is 1.92. The molecular weight excluding hydrogens is 292 g/mol. The third kappa shape index (κ3) is 3.91. The first-order valence-corrected chi connectivity index (χ1v) is 7.39. The van der Waals surface area contributed by atoms with Crippen LogP contribution in [0.4, 0.5) is 0 Å². The van der Waals surface area contributed by atoms with Gasteiger partial charge >= 0.3 is 0 Å². The molecule has 2 aromatic rings. The summed E-state index contributed by atoms with van der Waals surface area (Å²) in [5.74, 6) is 0.775. The Bertz CT molecular complexity index is 661. The fourth-order valence-electron chi connectivity index (χ4n) is 1.80. The number of aryl methyl sites for hydroxylation is 1. The topological polar surface area (TPSA) is 54.1 Å². The first kappa shape index (κ1) is 14.7. The third-order valence-corrected chi connectivity index (χ3v) is 4.21. The molecule has 0 atom stereocenters. The predicted molar refractivity (Wildman–Crippen MR) is 82.8 cm³/mol. The second-order valence-electron chi connectivity index (χ2n) is 4.37. The second-order valence-corrected chi connectivity index (χ2v) is 6.14. The van der Waals surface area contributed by atoms with E-state index in [2.05, 4.69) is 10.3 Å². The van der Waals surface area contributed by atoms with Gasteiger partial charge in [0.2, 0.25) is 5.91 Å². The average molecular weight is 308 g/mol. The van der Waals surface area contributed by atoms with Gasteiger partial charge in [-0.1, -0.05) is 12.1 Å². The molecule has 0 unspecified atom stereocenters. The second kappa shape index (κ2) is 6.67. The number of carbonyl (C=O) groups is 1. The lowest BCUT2D eigenvalue weighted by molar-refractivity contribution is -0.120. The van der Waals surface area contributed by atoms with Gasteiger partial charge in [0.1, 0.15) is 5.75 Å². The summed E-state index contributed by atoms with van der Waals surface area (Å²) in [5.41, 5.74) is 1.98. The number of rotatable bonds is 5. The Labute approximate surface area is 126 Å². The van der Waals surface area contributed by atoms with E-state index >= 15 is 0 Å². The highest BCUT2D eigenvalue weighted by Crippen LogP contribution is 2.15. The summed E-state index contributed by atoms with van der Waals surface area (Å²) in [4.78, 5) is 15.9. The van der Waals surface area contributed by atoms with Crippen molar-refractivity contribution in [3.63, 3.8) is 0 Å². The highest BCUT2D eigenvalue weighted by atomic mass is 32.1. The molecular formula is C14H16N2O2S2. The standard InChI is InChI=1S/C14H16N2O2S2/c1-9-12(20-14(19)16-9)7-13(17)15-8-10-4-3-5-11(6-10)18-2/h3-6H,7-8H2,1-2H3,(H,15,17)(H,16,19). The van der Waals surface area contributed by atoms with Crippen LogP contribution in [-0.4, -0.2) is 18.0 Å². The van der Waals surface area contributed by atoms with Crippen molar-refractivity contribution in [2.24, 2.45) is 0 Å². The fraction of sp³-hybridized carbons (Fsp3) is 0.286. The molecule has 2 N–H and O–H groups in total. The lowest BCUT2D eigenvalue weighted by Gasteiger charge is -2.06. The number of hydrogen-bond donors (Lipinski definition) is 2. The summed E-state index contributed by atoms with van der Waals surface area (Å²) >= 11 is 6.51. The van der Waals surface area contributed by atoms with Gasteiger partial charge in [0, 0.05) is 17.1 Å². The first-order chi connectivity index (χ1) is 9.58. The van der Waals surface area contributed by atoms with E-state index in [9.17, 15) is 4.79 Å². The number of aromatic nitrogens is 1. The fourth-order valence-corrected chi connectivity index (χ4v) is 3.09. The van der Waals surface area contributed by atoms with Gasteiger partial charge in [0.05, 0.1) is 13.5 Å². The van der Waals surface area contributed by atoms with E-state index in [0.29, 0.717) is 16.9 Å². The van der Waals surface area contributed by atoms with Gasteiger partial charge < -0.3 is 15.0 Å². The highest BCUT2D eigenvalue weighted by molar-refractivity contribution is 7.73. The monoisotopic (exact) mass is 308 g/mol. The van der Waals surface area contributed by atoms with Crippen LogP contribution in [-0.2, 0) is 17.8 Å². The number of hydrogen-bond acceptors (Lipinski definition) is 4. The van der Waals surface area contributed by atoms with E-state index in [0.717, 1.165) is 21.9 Å². The molecule has 1 aromatic heterocycles. The Morgan fingerprint density at radius 3 is 2.95 bits per heavy atom. The number of ether oxygens (including phenoxy) is 1. The molecule has 1 heterocycles. The minimum absolute atomic E-state index is 0.0128. The molecule has 20 heavy (non-hydrogen) atoms. The number of methoxy groups -OCH3 is 1. The van der Waals surface area contributed by atoms with Gasteiger partial charge in [0.25, 0.3) is 0 Å². The van der Waals surface area contributed by atoms with Crippen molar-refractivity contribution < 1.29 is 9.53 Å². The largest absolute Gasteiger partial charge is 0.497 e. The molecule has 0 aliphatic carbocycles. The van der Waals surface area contributed by atoms with Crippen LogP contribution >= 0.6 is 23.6 Å². The summed E-state index contributed by atoms with van der Waals surface area (Å²) in [6.45, 7) is 2.42. The van der Waals surface area contributed by atoms with Crippen LogP contribution in [0.1, 0.15) is 16.1 Å². The number of benzene rings is 1. The highest BCUT2D eigenvalue weighted by Gasteiger charge is 2.08. The van der Waals surface area contributed by atoms with E-state index in [1.165, 1.54) is 11.3 Å². The van der Waals surface area contributed by atoms with E-state index in [1.54, 1.807) is 7.11 Å². The van der Waals surface area contributed by atoms with Crippen LogP contribution in [0.3, 0.4) is 0 Å². The van der Waals surface area contributed by atoms with E-state index in [4.69, 9.17) is 17.0 Å². The van der Waals surface area contributed by atoms with Gasteiger partial charge in [-0.15, -0.1) is 11.3 Å². The minimum atomic E-state index is -0.0128. The molecule has 0 spiro atoms. The molecule has 0 aliphatic rings. The summed E-state index contributed by atoms with van der Waals surface area (Å²) in [5, 5.41) is 2.90. The smallest absolute Gasteiger partial charge is 0.225 e. The maximum atomic E-state index is 11.9. The first-order valence-electron chi connectivity index (χ1n) is 6.16. The van der Waals surface area contributed by atoms with Crippen molar-refractivity contribution >= 4 is 29.5 Å².